The summed E-state index contributed by atoms with van der Waals surface area (Å²) < 4.78 is 4.69. The Hall–Kier alpha value is -4.34. The number of carbonyl (C=O) groups is 1. The Bertz CT molecular complexity index is 1190. The summed E-state index contributed by atoms with van der Waals surface area (Å²) in [4.78, 5) is 20.4. The summed E-state index contributed by atoms with van der Waals surface area (Å²) in [5, 5.41) is 23.8. The van der Waals surface area contributed by atoms with Gasteiger partial charge in [-0.2, -0.15) is 5.10 Å². The van der Waals surface area contributed by atoms with E-state index in [0.717, 1.165) is 5.69 Å². The third-order valence-electron chi connectivity index (χ3n) is 3.92. The van der Waals surface area contributed by atoms with Crippen LogP contribution in [0, 0.1) is 0 Å². The standard InChI is InChI=1S/C18H13N7O3/c19-23-13(11-8-4-5-9-12(11)18(26)27)14-15(20-10-6-2-1-3-7-10)22-17-16(21-14)24-28-25-17/h1-9H,19H2,(H,26,27)(H,20,22,25)/b23-13+. The second-order valence-electron chi connectivity index (χ2n) is 5.65. The third kappa shape index (κ3) is 3.09. The Morgan fingerprint density at radius 1 is 0.964 bits per heavy atom. The number of nitrogens with zero attached hydrogens (tertiary/aromatic N) is 5. The lowest BCUT2D eigenvalue weighted by Gasteiger charge is -2.13. The predicted octanol–water partition coefficient (Wildman–Crippen LogP) is 2.17. The number of nitrogens with one attached hydrogen (secondary N) is 1. The van der Waals surface area contributed by atoms with Crippen LogP contribution in [0.3, 0.4) is 0 Å². The average molecular weight is 375 g/mol. The van der Waals surface area contributed by atoms with Crippen LogP contribution >= 0.6 is 0 Å². The van der Waals surface area contributed by atoms with Crippen LogP contribution in [0.5, 0.6) is 0 Å². The second-order valence-corrected chi connectivity index (χ2v) is 5.65. The molecule has 0 radical (unpaired) electrons. The summed E-state index contributed by atoms with van der Waals surface area (Å²) in [6, 6.07) is 15.6. The number of aromatic carboxylic acids is 1. The fraction of sp³-hybridized carbons (Fsp3) is 0. The van der Waals surface area contributed by atoms with Gasteiger partial charge < -0.3 is 16.3 Å². The number of rotatable bonds is 5. The molecular formula is C18H13N7O3. The van der Waals surface area contributed by atoms with E-state index >= 15 is 0 Å². The van der Waals surface area contributed by atoms with Gasteiger partial charge in [-0.15, -0.1) is 0 Å². The lowest BCUT2D eigenvalue weighted by Crippen LogP contribution is -2.16. The van der Waals surface area contributed by atoms with E-state index in [-0.39, 0.29) is 34.1 Å². The first-order valence-corrected chi connectivity index (χ1v) is 8.10. The highest BCUT2D eigenvalue weighted by molar-refractivity contribution is 6.18. The molecule has 0 spiro atoms. The minimum absolute atomic E-state index is 0.0255. The highest BCUT2D eigenvalue weighted by Gasteiger charge is 2.23. The van der Waals surface area contributed by atoms with Crippen molar-refractivity contribution in [2.45, 2.75) is 0 Å². The molecule has 10 nitrogen and oxygen atoms in total. The van der Waals surface area contributed by atoms with Gasteiger partial charge in [-0.3, -0.25) is 0 Å². The molecule has 0 saturated heterocycles. The maximum atomic E-state index is 11.6. The van der Waals surface area contributed by atoms with Crippen LogP contribution in [0.4, 0.5) is 11.5 Å². The summed E-state index contributed by atoms with van der Waals surface area (Å²) in [6.45, 7) is 0. The van der Waals surface area contributed by atoms with Crippen molar-refractivity contribution in [2.24, 2.45) is 10.9 Å². The molecule has 0 saturated carbocycles. The molecule has 0 bridgehead atoms. The number of carboxylic acids is 1. The van der Waals surface area contributed by atoms with Gasteiger partial charge in [0.1, 0.15) is 11.4 Å². The van der Waals surface area contributed by atoms with E-state index < -0.39 is 5.97 Å². The van der Waals surface area contributed by atoms with Crippen LogP contribution < -0.4 is 11.2 Å². The molecule has 28 heavy (non-hydrogen) atoms. The van der Waals surface area contributed by atoms with Gasteiger partial charge in [0.15, 0.2) is 5.82 Å². The van der Waals surface area contributed by atoms with Crippen molar-refractivity contribution >= 4 is 34.5 Å². The van der Waals surface area contributed by atoms with Gasteiger partial charge in [-0.1, -0.05) is 36.4 Å². The number of fused-ring (bicyclic) bond motifs is 1. The summed E-state index contributed by atoms with van der Waals surface area (Å²) in [5.74, 6) is 4.79. The first-order valence-electron chi connectivity index (χ1n) is 8.10. The molecule has 2 aromatic heterocycles. The fourth-order valence-electron chi connectivity index (χ4n) is 2.68. The van der Waals surface area contributed by atoms with Crippen molar-refractivity contribution in [1.82, 2.24) is 20.3 Å². The Balaban J connectivity index is 1.91. The van der Waals surface area contributed by atoms with Crippen LogP contribution in [-0.4, -0.2) is 37.1 Å². The Labute approximate surface area is 157 Å². The zero-order valence-corrected chi connectivity index (χ0v) is 14.3. The van der Waals surface area contributed by atoms with E-state index in [1.54, 1.807) is 18.2 Å². The van der Waals surface area contributed by atoms with E-state index in [4.69, 9.17) is 5.84 Å². The summed E-state index contributed by atoms with van der Waals surface area (Å²) in [6.07, 6.45) is 0. The summed E-state index contributed by atoms with van der Waals surface area (Å²) >= 11 is 0. The van der Waals surface area contributed by atoms with Crippen LogP contribution in [0.15, 0.2) is 64.3 Å². The van der Waals surface area contributed by atoms with Crippen LogP contribution in [0.2, 0.25) is 0 Å². The molecule has 0 aliphatic heterocycles. The third-order valence-corrected chi connectivity index (χ3v) is 3.92. The lowest BCUT2D eigenvalue weighted by molar-refractivity contribution is 0.0696. The molecule has 0 aliphatic rings. The number of hydrogen-bond acceptors (Lipinski definition) is 9. The number of para-hydroxylation sites is 1. The van der Waals surface area contributed by atoms with Gasteiger partial charge in [-0.25, -0.2) is 19.4 Å². The number of anilines is 2. The van der Waals surface area contributed by atoms with E-state index in [0.29, 0.717) is 5.56 Å². The second kappa shape index (κ2) is 7.11. The molecule has 138 valence electrons. The summed E-state index contributed by atoms with van der Waals surface area (Å²) in [7, 11) is 0. The molecule has 4 aromatic rings. The molecule has 0 atom stereocenters. The van der Waals surface area contributed by atoms with Gasteiger partial charge >= 0.3 is 5.97 Å². The van der Waals surface area contributed by atoms with Crippen LogP contribution in [0.1, 0.15) is 21.6 Å². The monoisotopic (exact) mass is 375 g/mol. The number of carboxylic acid groups (broad SMARTS) is 1. The van der Waals surface area contributed by atoms with E-state index in [2.05, 4.69) is 35.3 Å². The first-order chi connectivity index (χ1) is 13.7. The molecule has 2 heterocycles. The van der Waals surface area contributed by atoms with Crippen LogP contribution in [-0.2, 0) is 0 Å². The van der Waals surface area contributed by atoms with Gasteiger partial charge in [0.25, 0.3) is 0 Å². The summed E-state index contributed by atoms with van der Waals surface area (Å²) in [5.41, 5.74) is 1.72. The van der Waals surface area contributed by atoms with E-state index in [1.165, 1.54) is 6.07 Å². The lowest BCUT2D eigenvalue weighted by atomic mass is 10.0. The van der Waals surface area contributed by atoms with Crippen molar-refractivity contribution in [3.63, 3.8) is 0 Å². The maximum Gasteiger partial charge on any atom is 0.336 e. The molecule has 2 aromatic carbocycles. The highest BCUT2D eigenvalue weighted by Crippen LogP contribution is 2.24. The van der Waals surface area contributed by atoms with Gasteiger partial charge in [0, 0.05) is 11.3 Å². The zero-order chi connectivity index (χ0) is 19.5. The van der Waals surface area contributed by atoms with Gasteiger partial charge in [-0.05, 0) is 28.5 Å². The van der Waals surface area contributed by atoms with Crippen molar-refractivity contribution in [3.05, 3.63) is 71.4 Å². The Kier molecular flexibility index (Phi) is 4.34. The molecule has 10 heteroatoms. The fourth-order valence-corrected chi connectivity index (χ4v) is 2.68. The minimum Gasteiger partial charge on any atom is -0.478 e. The highest BCUT2D eigenvalue weighted by atomic mass is 16.6. The Morgan fingerprint density at radius 2 is 1.61 bits per heavy atom. The number of nitrogens with two attached hydrogens (primary N) is 1. The first kappa shape index (κ1) is 17.1. The van der Waals surface area contributed by atoms with Crippen molar-refractivity contribution in [1.29, 1.82) is 0 Å². The van der Waals surface area contributed by atoms with Crippen molar-refractivity contribution < 1.29 is 14.5 Å². The quantitative estimate of drug-likeness (QED) is 0.270. The molecular weight excluding hydrogens is 362 g/mol. The minimum atomic E-state index is -1.12. The molecule has 4 rings (SSSR count). The smallest absolute Gasteiger partial charge is 0.336 e. The number of hydrogen-bond donors (Lipinski definition) is 3. The van der Waals surface area contributed by atoms with Gasteiger partial charge in [0.05, 0.1) is 5.56 Å². The number of aromatic nitrogens is 4. The number of benzene rings is 2. The van der Waals surface area contributed by atoms with E-state index in [9.17, 15) is 9.90 Å². The molecule has 0 fully saturated rings. The largest absolute Gasteiger partial charge is 0.478 e. The average Bonchev–Trinajstić information content (AvgIpc) is 3.17. The molecule has 0 aliphatic carbocycles. The molecule has 0 amide bonds. The van der Waals surface area contributed by atoms with E-state index in [1.807, 2.05) is 30.3 Å². The van der Waals surface area contributed by atoms with Crippen LogP contribution in [0.25, 0.3) is 11.3 Å². The number of hydrazone groups is 1. The topological polar surface area (TPSA) is 152 Å². The SMILES string of the molecule is N/N=C(\c1ccccc1C(=O)O)c1nc2nonc2nc1Nc1ccccc1. The van der Waals surface area contributed by atoms with Gasteiger partial charge in [0.2, 0.25) is 11.3 Å². The molecule has 4 N–H and O–H groups in total. The Morgan fingerprint density at radius 3 is 2.29 bits per heavy atom. The normalized spacial score (nSPS) is 11.5. The predicted molar refractivity (Wildman–Crippen MR) is 100 cm³/mol. The molecule has 0 unspecified atom stereocenters. The zero-order valence-electron chi connectivity index (χ0n) is 14.3. The van der Waals surface area contributed by atoms with Crippen molar-refractivity contribution in [3.8, 4) is 0 Å². The van der Waals surface area contributed by atoms with Crippen molar-refractivity contribution in [2.75, 3.05) is 5.32 Å². The maximum absolute atomic E-state index is 11.6.